The van der Waals surface area contributed by atoms with Gasteiger partial charge in [0.2, 0.25) is 0 Å². The molecule has 0 bridgehead atoms. The smallest absolute Gasteiger partial charge is 0.0322 e. The Bertz CT molecular complexity index is 311. The molecule has 0 aliphatic carbocycles. The molecule has 1 aromatic rings. The molecule has 1 aromatic carbocycles. The third-order valence-corrected chi connectivity index (χ3v) is 3.11. The van der Waals surface area contributed by atoms with Gasteiger partial charge in [-0.25, -0.2) is 0 Å². The molecule has 1 saturated heterocycles. The van der Waals surface area contributed by atoms with Crippen molar-refractivity contribution in [1.82, 2.24) is 5.32 Å². The summed E-state index contributed by atoms with van der Waals surface area (Å²) < 4.78 is 0. The monoisotopic (exact) mass is 189 g/mol. The van der Waals surface area contributed by atoms with Gasteiger partial charge in [0.1, 0.15) is 0 Å². The van der Waals surface area contributed by atoms with Crippen LogP contribution in [0.1, 0.15) is 42.0 Å². The lowest BCUT2D eigenvalue weighted by molar-refractivity contribution is 0.411. The van der Waals surface area contributed by atoms with E-state index in [1.54, 1.807) is 0 Å². The Morgan fingerprint density at radius 2 is 2.07 bits per heavy atom. The predicted molar refractivity (Wildman–Crippen MR) is 60.5 cm³/mol. The van der Waals surface area contributed by atoms with Gasteiger partial charge < -0.3 is 5.32 Å². The Balaban J connectivity index is 2.22. The van der Waals surface area contributed by atoms with Gasteiger partial charge in [0, 0.05) is 6.04 Å². The van der Waals surface area contributed by atoms with E-state index in [-0.39, 0.29) is 0 Å². The normalized spacial score (nSPS) is 22.3. The van der Waals surface area contributed by atoms with E-state index in [0.717, 1.165) is 0 Å². The van der Waals surface area contributed by atoms with Crippen molar-refractivity contribution < 1.29 is 0 Å². The van der Waals surface area contributed by atoms with E-state index in [2.05, 4.69) is 37.4 Å². The fraction of sp³-hybridized carbons (Fsp3) is 0.538. The number of benzene rings is 1. The quantitative estimate of drug-likeness (QED) is 0.715. The molecule has 0 aromatic heterocycles. The van der Waals surface area contributed by atoms with Crippen LogP contribution in [-0.4, -0.2) is 6.54 Å². The molecule has 0 spiro atoms. The minimum Gasteiger partial charge on any atom is -0.310 e. The maximum absolute atomic E-state index is 3.60. The standard InChI is InChI=1S/C13H19N/c1-10-6-7-12(11(2)9-10)13-5-3-4-8-14-13/h6-7,9,13-14H,3-5,8H2,1-2H3. The summed E-state index contributed by atoms with van der Waals surface area (Å²) in [5.74, 6) is 0. The lowest BCUT2D eigenvalue weighted by Gasteiger charge is -2.25. The first kappa shape index (κ1) is 9.72. The topological polar surface area (TPSA) is 12.0 Å². The van der Waals surface area contributed by atoms with Crippen LogP contribution < -0.4 is 5.32 Å². The molecule has 0 amide bonds. The Morgan fingerprint density at radius 3 is 2.71 bits per heavy atom. The molecule has 1 fully saturated rings. The molecular weight excluding hydrogens is 170 g/mol. The lowest BCUT2D eigenvalue weighted by atomic mass is 9.93. The Labute approximate surface area is 86.5 Å². The summed E-state index contributed by atoms with van der Waals surface area (Å²) in [5, 5.41) is 3.60. The predicted octanol–water partition coefficient (Wildman–Crippen LogP) is 3.12. The van der Waals surface area contributed by atoms with Crippen molar-refractivity contribution in [1.29, 1.82) is 0 Å². The van der Waals surface area contributed by atoms with Gasteiger partial charge in [-0.1, -0.05) is 30.2 Å². The highest BCUT2D eigenvalue weighted by Crippen LogP contribution is 2.25. The number of aryl methyl sites for hydroxylation is 2. The molecule has 0 saturated carbocycles. The summed E-state index contributed by atoms with van der Waals surface area (Å²) in [6.07, 6.45) is 4.00. The van der Waals surface area contributed by atoms with E-state index < -0.39 is 0 Å². The molecule has 1 aliphatic rings. The highest BCUT2D eigenvalue weighted by atomic mass is 14.9. The van der Waals surface area contributed by atoms with E-state index in [0.29, 0.717) is 6.04 Å². The minimum atomic E-state index is 0.601. The second-order valence-electron chi connectivity index (χ2n) is 4.36. The number of hydrogen-bond acceptors (Lipinski definition) is 1. The second-order valence-corrected chi connectivity index (χ2v) is 4.36. The van der Waals surface area contributed by atoms with E-state index in [9.17, 15) is 0 Å². The zero-order valence-electron chi connectivity index (χ0n) is 9.14. The van der Waals surface area contributed by atoms with Crippen LogP contribution in [0.15, 0.2) is 18.2 Å². The molecule has 2 rings (SSSR count). The van der Waals surface area contributed by atoms with Crippen LogP contribution in [0.25, 0.3) is 0 Å². The average molecular weight is 189 g/mol. The first-order valence-corrected chi connectivity index (χ1v) is 5.58. The van der Waals surface area contributed by atoms with Gasteiger partial charge in [0.05, 0.1) is 0 Å². The fourth-order valence-electron chi connectivity index (χ4n) is 2.33. The average Bonchev–Trinajstić information content (AvgIpc) is 2.19. The zero-order chi connectivity index (χ0) is 9.97. The molecule has 1 N–H and O–H groups in total. The molecule has 1 aliphatic heterocycles. The van der Waals surface area contributed by atoms with Crippen molar-refractivity contribution in [2.45, 2.75) is 39.2 Å². The third kappa shape index (κ3) is 1.98. The minimum absolute atomic E-state index is 0.601. The summed E-state index contributed by atoms with van der Waals surface area (Å²) >= 11 is 0. The van der Waals surface area contributed by atoms with Crippen LogP contribution >= 0.6 is 0 Å². The van der Waals surface area contributed by atoms with E-state index in [4.69, 9.17) is 0 Å². The molecule has 1 nitrogen and oxygen atoms in total. The summed E-state index contributed by atoms with van der Waals surface area (Å²) in [6.45, 7) is 5.56. The molecule has 1 heterocycles. The van der Waals surface area contributed by atoms with Crippen molar-refractivity contribution in [2.24, 2.45) is 0 Å². The van der Waals surface area contributed by atoms with Gasteiger partial charge in [-0.2, -0.15) is 0 Å². The maximum Gasteiger partial charge on any atom is 0.0322 e. The highest BCUT2D eigenvalue weighted by molar-refractivity contribution is 5.32. The number of nitrogens with one attached hydrogen (secondary N) is 1. The Kier molecular flexibility index (Phi) is 2.87. The van der Waals surface area contributed by atoms with E-state index in [1.165, 1.54) is 42.5 Å². The van der Waals surface area contributed by atoms with Crippen LogP contribution in [0.2, 0.25) is 0 Å². The van der Waals surface area contributed by atoms with E-state index in [1.807, 2.05) is 0 Å². The van der Waals surface area contributed by atoms with Gasteiger partial charge in [-0.05, 0) is 44.4 Å². The van der Waals surface area contributed by atoms with Crippen LogP contribution in [0.4, 0.5) is 0 Å². The largest absolute Gasteiger partial charge is 0.310 e. The molecule has 0 radical (unpaired) electrons. The summed E-state index contributed by atoms with van der Waals surface area (Å²) in [6, 6.07) is 7.39. The van der Waals surface area contributed by atoms with E-state index >= 15 is 0 Å². The first-order valence-electron chi connectivity index (χ1n) is 5.58. The number of rotatable bonds is 1. The summed E-state index contributed by atoms with van der Waals surface area (Å²) in [7, 11) is 0. The molecular formula is C13H19N. The highest BCUT2D eigenvalue weighted by Gasteiger charge is 2.15. The van der Waals surface area contributed by atoms with Crippen molar-refractivity contribution in [2.75, 3.05) is 6.54 Å². The van der Waals surface area contributed by atoms with Crippen molar-refractivity contribution >= 4 is 0 Å². The molecule has 14 heavy (non-hydrogen) atoms. The first-order chi connectivity index (χ1) is 6.77. The van der Waals surface area contributed by atoms with Gasteiger partial charge in [-0.3, -0.25) is 0 Å². The van der Waals surface area contributed by atoms with Crippen LogP contribution in [0.3, 0.4) is 0 Å². The van der Waals surface area contributed by atoms with Gasteiger partial charge in [0.25, 0.3) is 0 Å². The zero-order valence-corrected chi connectivity index (χ0v) is 9.14. The molecule has 76 valence electrons. The Hall–Kier alpha value is -0.820. The summed E-state index contributed by atoms with van der Waals surface area (Å²) in [4.78, 5) is 0. The number of hydrogen-bond donors (Lipinski definition) is 1. The van der Waals surface area contributed by atoms with Gasteiger partial charge in [0.15, 0.2) is 0 Å². The lowest BCUT2D eigenvalue weighted by Crippen LogP contribution is -2.27. The fourth-order valence-corrected chi connectivity index (χ4v) is 2.33. The number of piperidine rings is 1. The van der Waals surface area contributed by atoms with Crippen LogP contribution in [0.5, 0.6) is 0 Å². The molecule has 1 atom stereocenters. The molecule has 1 unspecified atom stereocenters. The van der Waals surface area contributed by atoms with Crippen molar-refractivity contribution in [3.8, 4) is 0 Å². The second kappa shape index (κ2) is 4.14. The van der Waals surface area contributed by atoms with Crippen molar-refractivity contribution in [3.05, 3.63) is 34.9 Å². The van der Waals surface area contributed by atoms with Crippen LogP contribution in [-0.2, 0) is 0 Å². The SMILES string of the molecule is Cc1ccc(C2CCCCN2)c(C)c1. The summed E-state index contributed by atoms with van der Waals surface area (Å²) in [5.41, 5.74) is 4.29. The van der Waals surface area contributed by atoms with Gasteiger partial charge >= 0.3 is 0 Å². The van der Waals surface area contributed by atoms with Crippen LogP contribution in [0, 0.1) is 13.8 Å². The van der Waals surface area contributed by atoms with Crippen molar-refractivity contribution in [3.63, 3.8) is 0 Å². The Morgan fingerprint density at radius 1 is 1.21 bits per heavy atom. The third-order valence-electron chi connectivity index (χ3n) is 3.11. The maximum atomic E-state index is 3.60. The van der Waals surface area contributed by atoms with Gasteiger partial charge in [-0.15, -0.1) is 0 Å². The molecule has 1 heteroatoms.